The van der Waals surface area contributed by atoms with Crippen molar-refractivity contribution in [2.24, 2.45) is 5.14 Å². The number of nitrogens with one attached hydrogen (secondary N) is 1. The van der Waals surface area contributed by atoms with Gasteiger partial charge in [-0.3, -0.25) is 0 Å². The molecule has 5 N–H and O–H groups in total. The molecule has 112 valence electrons. The molecule has 0 saturated carbocycles. The van der Waals surface area contributed by atoms with Gasteiger partial charge in [0.1, 0.15) is 5.82 Å². The quantitative estimate of drug-likeness (QED) is 0.754. The van der Waals surface area contributed by atoms with Crippen LogP contribution in [0.2, 0.25) is 5.02 Å². The fourth-order valence-electron chi connectivity index (χ4n) is 1.86. The average molecular weight is 330 g/mol. The molecule has 0 aromatic heterocycles. The Morgan fingerprint density at radius 1 is 1.24 bits per heavy atom. The zero-order chi connectivity index (χ0) is 15.8. The number of halogens is 2. The van der Waals surface area contributed by atoms with Gasteiger partial charge in [0, 0.05) is 17.1 Å². The van der Waals surface area contributed by atoms with Crippen LogP contribution in [-0.4, -0.2) is 8.42 Å². The lowest BCUT2D eigenvalue weighted by Gasteiger charge is -2.14. The number of nitrogens with two attached hydrogens (primary N) is 2. The van der Waals surface area contributed by atoms with Gasteiger partial charge in [-0.15, -0.1) is 0 Å². The third-order valence-electron chi connectivity index (χ3n) is 2.89. The first kappa shape index (κ1) is 15.6. The number of nitrogen functional groups attached to an aromatic ring is 1. The molecule has 0 atom stereocenters. The topological polar surface area (TPSA) is 98.2 Å². The Morgan fingerprint density at radius 3 is 2.48 bits per heavy atom. The molecule has 0 amide bonds. The van der Waals surface area contributed by atoms with Gasteiger partial charge in [-0.25, -0.2) is 17.9 Å². The molecular weight excluding hydrogens is 317 g/mol. The first-order chi connectivity index (χ1) is 9.68. The zero-order valence-corrected chi connectivity index (χ0v) is 12.6. The maximum absolute atomic E-state index is 13.1. The predicted molar refractivity (Wildman–Crippen MR) is 81.7 cm³/mol. The summed E-state index contributed by atoms with van der Waals surface area (Å²) in [5, 5.41) is 8.05. The van der Waals surface area contributed by atoms with Crippen LogP contribution in [0.15, 0.2) is 35.2 Å². The van der Waals surface area contributed by atoms with Crippen LogP contribution in [0.25, 0.3) is 0 Å². The van der Waals surface area contributed by atoms with Crippen molar-refractivity contribution in [3.05, 3.63) is 46.7 Å². The van der Waals surface area contributed by atoms with Crippen molar-refractivity contribution < 1.29 is 12.8 Å². The lowest BCUT2D eigenvalue weighted by atomic mass is 10.1. The van der Waals surface area contributed by atoms with E-state index in [-0.39, 0.29) is 15.6 Å². The van der Waals surface area contributed by atoms with Crippen LogP contribution in [0, 0.1) is 12.7 Å². The van der Waals surface area contributed by atoms with Crippen LogP contribution in [0.3, 0.4) is 0 Å². The summed E-state index contributed by atoms with van der Waals surface area (Å²) in [4.78, 5) is -0.0711. The first-order valence-corrected chi connectivity index (χ1v) is 7.76. The number of anilines is 3. The molecule has 0 unspecified atom stereocenters. The van der Waals surface area contributed by atoms with Gasteiger partial charge >= 0.3 is 0 Å². The molecule has 8 heteroatoms. The van der Waals surface area contributed by atoms with E-state index in [1.165, 1.54) is 24.3 Å². The lowest BCUT2D eigenvalue weighted by Crippen LogP contribution is -2.15. The minimum absolute atomic E-state index is 0.0479. The van der Waals surface area contributed by atoms with Crippen molar-refractivity contribution in [2.75, 3.05) is 11.1 Å². The Hall–Kier alpha value is -1.83. The number of primary sulfonamides is 1. The molecule has 5 nitrogen and oxygen atoms in total. The molecule has 0 heterocycles. The van der Waals surface area contributed by atoms with E-state index in [1.54, 1.807) is 13.0 Å². The molecule has 0 aliphatic heterocycles. The summed E-state index contributed by atoms with van der Waals surface area (Å²) >= 11 is 5.70. The molecular formula is C13H13ClFN3O2S. The molecule has 2 aromatic carbocycles. The fourth-order valence-corrected chi connectivity index (χ4v) is 2.88. The van der Waals surface area contributed by atoms with Gasteiger partial charge in [0.15, 0.2) is 0 Å². The molecule has 2 aromatic rings. The SMILES string of the molecule is Cc1c(Nc2ccc(F)c(Cl)c2)cc(N)cc1S(N)(=O)=O. The number of hydrogen-bond acceptors (Lipinski definition) is 4. The van der Waals surface area contributed by atoms with Crippen LogP contribution < -0.4 is 16.2 Å². The van der Waals surface area contributed by atoms with Crippen molar-refractivity contribution in [2.45, 2.75) is 11.8 Å². The molecule has 2 rings (SSSR count). The standard InChI is InChI=1S/C13H13ClFN3O2S/c1-7-12(4-8(16)5-13(7)21(17,19)20)18-9-2-3-11(15)10(14)6-9/h2-6,18H,16H2,1H3,(H2,17,19,20). The number of hydrogen-bond donors (Lipinski definition) is 3. The van der Waals surface area contributed by atoms with Crippen LogP contribution in [0.4, 0.5) is 21.5 Å². The van der Waals surface area contributed by atoms with Crippen molar-refractivity contribution in [3.8, 4) is 0 Å². The van der Waals surface area contributed by atoms with E-state index in [9.17, 15) is 12.8 Å². The third kappa shape index (κ3) is 3.44. The van der Waals surface area contributed by atoms with E-state index in [0.29, 0.717) is 16.9 Å². The number of sulfonamides is 1. The van der Waals surface area contributed by atoms with Gasteiger partial charge in [0.2, 0.25) is 10.0 Å². The highest BCUT2D eigenvalue weighted by atomic mass is 35.5. The highest BCUT2D eigenvalue weighted by Crippen LogP contribution is 2.30. The monoisotopic (exact) mass is 329 g/mol. The largest absolute Gasteiger partial charge is 0.399 e. The summed E-state index contributed by atoms with van der Waals surface area (Å²) in [7, 11) is -3.89. The molecule has 0 saturated heterocycles. The summed E-state index contributed by atoms with van der Waals surface area (Å²) in [6.07, 6.45) is 0. The molecule has 0 bridgehead atoms. The number of benzene rings is 2. The Morgan fingerprint density at radius 2 is 1.90 bits per heavy atom. The number of rotatable bonds is 3. The summed E-state index contributed by atoms with van der Waals surface area (Å²) in [5.41, 5.74) is 7.27. The Bertz CT molecular complexity index is 809. The molecule has 21 heavy (non-hydrogen) atoms. The molecule has 0 aliphatic rings. The van der Waals surface area contributed by atoms with E-state index >= 15 is 0 Å². The minimum atomic E-state index is -3.89. The van der Waals surface area contributed by atoms with E-state index in [4.69, 9.17) is 22.5 Å². The summed E-state index contributed by atoms with van der Waals surface area (Å²) < 4.78 is 36.2. The fraction of sp³-hybridized carbons (Fsp3) is 0.0769. The highest BCUT2D eigenvalue weighted by molar-refractivity contribution is 7.89. The van der Waals surface area contributed by atoms with Crippen LogP contribution in [0.5, 0.6) is 0 Å². The maximum atomic E-state index is 13.1. The van der Waals surface area contributed by atoms with E-state index in [1.807, 2.05) is 0 Å². The van der Waals surface area contributed by atoms with Gasteiger partial charge in [0.05, 0.1) is 9.92 Å². The van der Waals surface area contributed by atoms with Gasteiger partial charge in [-0.05, 0) is 42.8 Å². The molecule has 0 radical (unpaired) electrons. The minimum Gasteiger partial charge on any atom is -0.399 e. The normalized spacial score (nSPS) is 11.4. The Kier molecular flexibility index (Phi) is 4.08. The predicted octanol–water partition coefficient (Wildman–Crippen LogP) is 2.76. The first-order valence-electron chi connectivity index (χ1n) is 5.83. The second-order valence-electron chi connectivity index (χ2n) is 4.49. The summed E-state index contributed by atoms with van der Waals surface area (Å²) in [5.74, 6) is -0.545. The molecule has 0 spiro atoms. The Labute approximate surface area is 126 Å². The van der Waals surface area contributed by atoms with Gasteiger partial charge in [-0.1, -0.05) is 11.6 Å². The Balaban J connectivity index is 2.49. The summed E-state index contributed by atoms with van der Waals surface area (Å²) in [6.45, 7) is 1.59. The van der Waals surface area contributed by atoms with Crippen molar-refractivity contribution >= 4 is 38.7 Å². The average Bonchev–Trinajstić information content (AvgIpc) is 2.36. The van der Waals surface area contributed by atoms with Gasteiger partial charge < -0.3 is 11.1 Å². The van der Waals surface area contributed by atoms with Crippen molar-refractivity contribution in [3.63, 3.8) is 0 Å². The van der Waals surface area contributed by atoms with Gasteiger partial charge in [0.25, 0.3) is 0 Å². The van der Waals surface area contributed by atoms with E-state index in [0.717, 1.165) is 0 Å². The van der Waals surface area contributed by atoms with Crippen molar-refractivity contribution in [1.82, 2.24) is 0 Å². The highest BCUT2D eigenvalue weighted by Gasteiger charge is 2.16. The van der Waals surface area contributed by atoms with Crippen LogP contribution >= 0.6 is 11.6 Å². The van der Waals surface area contributed by atoms with Crippen LogP contribution in [0.1, 0.15) is 5.56 Å². The molecule has 0 fully saturated rings. The zero-order valence-electron chi connectivity index (χ0n) is 11.0. The van der Waals surface area contributed by atoms with Crippen LogP contribution in [-0.2, 0) is 10.0 Å². The second-order valence-corrected chi connectivity index (χ2v) is 6.43. The lowest BCUT2D eigenvalue weighted by molar-refractivity contribution is 0.597. The summed E-state index contributed by atoms with van der Waals surface area (Å²) in [6, 6.07) is 6.90. The smallest absolute Gasteiger partial charge is 0.238 e. The van der Waals surface area contributed by atoms with E-state index < -0.39 is 15.8 Å². The van der Waals surface area contributed by atoms with E-state index in [2.05, 4.69) is 5.32 Å². The maximum Gasteiger partial charge on any atom is 0.238 e. The molecule has 0 aliphatic carbocycles. The van der Waals surface area contributed by atoms with Crippen molar-refractivity contribution in [1.29, 1.82) is 0 Å². The third-order valence-corrected chi connectivity index (χ3v) is 4.21. The second kappa shape index (κ2) is 5.51. The van der Waals surface area contributed by atoms with Gasteiger partial charge in [-0.2, -0.15) is 0 Å².